The molecule has 0 aliphatic heterocycles. The number of hydrogen-bond donors (Lipinski definition) is 1. The van der Waals surface area contributed by atoms with E-state index in [9.17, 15) is 26.7 Å². The molecule has 0 unspecified atom stereocenters. The van der Waals surface area contributed by atoms with Crippen LogP contribution in [0.15, 0.2) is 23.5 Å². The van der Waals surface area contributed by atoms with E-state index in [1.165, 1.54) is 11.6 Å². The molecule has 40 heavy (non-hydrogen) atoms. The molecule has 0 amide bonds. The highest BCUT2D eigenvalue weighted by Crippen LogP contribution is 2.69. The fraction of sp³-hybridized carbons (Fsp3) is 0.867. The molecule has 0 heterocycles. The molecule has 3 saturated carbocycles. The lowest BCUT2D eigenvalue weighted by atomic mass is 9.60. The van der Waals surface area contributed by atoms with Gasteiger partial charge in [-0.1, -0.05) is 38.3 Å². The first-order valence-electron chi connectivity index (χ1n) is 14.8. The van der Waals surface area contributed by atoms with Crippen LogP contribution in [0.1, 0.15) is 91.9 Å². The van der Waals surface area contributed by atoms with Gasteiger partial charge in [0.1, 0.15) is 12.6 Å². The zero-order chi connectivity index (χ0) is 29.6. The van der Waals surface area contributed by atoms with Gasteiger partial charge in [-0.2, -0.15) is 21.6 Å². The van der Waals surface area contributed by atoms with Crippen LogP contribution in [0.25, 0.3) is 0 Å². The molecule has 0 aromatic rings. The summed E-state index contributed by atoms with van der Waals surface area (Å²) in [5.41, 5.74) is -5.16. The number of fused-ring (bicyclic) bond motifs is 2. The zero-order valence-corrected chi connectivity index (χ0v) is 25.4. The molecule has 1 N–H and O–H groups in total. The van der Waals surface area contributed by atoms with Crippen LogP contribution >= 0.6 is 0 Å². The Labute approximate surface area is 237 Å². The van der Waals surface area contributed by atoms with E-state index in [1.54, 1.807) is 7.11 Å². The van der Waals surface area contributed by atoms with Crippen LogP contribution in [-0.2, 0) is 23.8 Å². The van der Waals surface area contributed by atoms with Crippen molar-refractivity contribution in [3.05, 3.63) is 23.5 Å². The summed E-state index contributed by atoms with van der Waals surface area (Å²) < 4.78 is 78.4. The van der Waals surface area contributed by atoms with Crippen molar-refractivity contribution in [1.29, 1.82) is 0 Å². The summed E-state index contributed by atoms with van der Waals surface area (Å²) in [6, 6.07) is 0. The SMILES string of the molecule is COCOC(C)(C)CCC[C@@H](C)[C@H]1CC[C@H]2/C(=C/[C@@H](CO)[C@]34C[C@H]3CC=C4OS(=O)(=O)C(F)(F)F)CCC[C@]12C. The summed E-state index contributed by atoms with van der Waals surface area (Å²) >= 11 is 0. The average molecular weight is 593 g/mol. The molecule has 0 aromatic heterocycles. The number of aliphatic hydroxyl groups excluding tert-OH is 1. The Morgan fingerprint density at radius 3 is 2.60 bits per heavy atom. The molecule has 230 valence electrons. The normalized spacial score (nSPS) is 34.8. The van der Waals surface area contributed by atoms with Gasteiger partial charge in [0.2, 0.25) is 0 Å². The minimum Gasteiger partial charge on any atom is -0.396 e. The molecule has 6 nitrogen and oxygen atoms in total. The van der Waals surface area contributed by atoms with Gasteiger partial charge in [-0.3, -0.25) is 0 Å². The molecule has 0 spiro atoms. The minimum absolute atomic E-state index is 0.00313. The van der Waals surface area contributed by atoms with Crippen molar-refractivity contribution >= 4 is 10.1 Å². The molecule has 0 radical (unpaired) electrons. The van der Waals surface area contributed by atoms with Crippen molar-refractivity contribution in [2.75, 3.05) is 20.5 Å². The molecule has 10 heteroatoms. The standard InChI is InChI=1S/C30H47F3O6S/c1-20(8-6-14-27(2,3)38-19-37-5)24-11-12-25-21(9-7-15-28(24,25)4)16-23(18-34)29-17-22(29)10-13-26(29)39-40(35,36)30(31,32)33/h13,16,20,22-25,34H,6-12,14-15,17-19H2,1-5H3/b21-16+/t20-,22-,23+,24-,25+,28-,29+/m1/s1. The van der Waals surface area contributed by atoms with Crippen molar-refractivity contribution in [2.45, 2.75) is 103 Å². The van der Waals surface area contributed by atoms with Crippen LogP contribution < -0.4 is 0 Å². The topological polar surface area (TPSA) is 82.1 Å². The highest BCUT2D eigenvalue weighted by molar-refractivity contribution is 7.87. The predicted molar refractivity (Wildman–Crippen MR) is 146 cm³/mol. The van der Waals surface area contributed by atoms with Crippen LogP contribution in [0.5, 0.6) is 0 Å². The number of hydrogen-bond acceptors (Lipinski definition) is 6. The van der Waals surface area contributed by atoms with Crippen molar-refractivity contribution in [3.8, 4) is 0 Å². The van der Waals surface area contributed by atoms with E-state index in [0.717, 1.165) is 51.4 Å². The molecule has 7 atom stereocenters. The Balaban J connectivity index is 1.46. The summed E-state index contributed by atoms with van der Waals surface area (Å²) in [4.78, 5) is 0. The van der Waals surface area contributed by atoms with Crippen molar-refractivity contribution in [2.24, 2.45) is 40.4 Å². The van der Waals surface area contributed by atoms with Gasteiger partial charge in [0.05, 0.1) is 12.2 Å². The van der Waals surface area contributed by atoms with Crippen molar-refractivity contribution in [3.63, 3.8) is 0 Å². The van der Waals surface area contributed by atoms with Crippen molar-refractivity contribution in [1.82, 2.24) is 0 Å². The van der Waals surface area contributed by atoms with E-state index in [0.29, 0.717) is 37.4 Å². The lowest BCUT2D eigenvalue weighted by molar-refractivity contribution is -0.118. The Morgan fingerprint density at radius 2 is 1.98 bits per heavy atom. The first-order chi connectivity index (χ1) is 18.6. The monoisotopic (exact) mass is 592 g/mol. The fourth-order valence-corrected chi connectivity index (χ4v) is 9.03. The summed E-state index contributed by atoms with van der Waals surface area (Å²) in [5.74, 6) is 0.899. The number of methoxy groups -OCH3 is 1. The summed E-state index contributed by atoms with van der Waals surface area (Å²) in [5, 5.41) is 10.4. The quantitative estimate of drug-likeness (QED) is 0.106. The second-order valence-electron chi connectivity index (χ2n) is 13.5. The maximum atomic E-state index is 13.1. The lowest BCUT2D eigenvalue weighted by Crippen LogP contribution is -2.36. The maximum absolute atomic E-state index is 13.1. The van der Waals surface area contributed by atoms with Gasteiger partial charge in [0.25, 0.3) is 0 Å². The van der Waals surface area contributed by atoms with E-state index >= 15 is 0 Å². The predicted octanol–water partition coefficient (Wildman–Crippen LogP) is 7.10. The zero-order valence-electron chi connectivity index (χ0n) is 24.6. The summed E-state index contributed by atoms with van der Waals surface area (Å²) in [7, 11) is -4.12. The molecule has 3 fully saturated rings. The molecule has 0 saturated heterocycles. The molecule has 0 bridgehead atoms. The first-order valence-corrected chi connectivity index (χ1v) is 16.2. The summed E-state index contributed by atoms with van der Waals surface area (Å²) in [6.45, 7) is 8.99. The number of alkyl halides is 3. The van der Waals surface area contributed by atoms with Gasteiger partial charge in [0, 0.05) is 18.4 Å². The second kappa shape index (κ2) is 11.5. The average Bonchev–Trinajstić information content (AvgIpc) is 3.33. The van der Waals surface area contributed by atoms with Gasteiger partial charge in [-0.25, -0.2) is 0 Å². The van der Waals surface area contributed by atoms with E-state index < -0.39 is 27.0 Å². The number of aliphatic hydroxyl groups is 1. The minimum atomic E-state index is -5.75. The third-order valence-corrected chi connectivity index (χ3v) is 11.7. The smallest absolute Gasteiger partial charge is 0.396 e. The van der Waals surface area contributed by atoms with E-state index in [-0.39, 0.29) is 29.3 Å². The third kappa shape index (κ3) is 6.02. The fourth-order valence-electron chi connectivity index (χ4n) is 8.48. The van der Waals surface area contributed by atoms with Crippen LogP contribution in [-0.4, -0.2) is 45.1 Å². The first kappa shape index (κ1) is 31.8. The highest BCUT2D eigenvalue weighted by atomic mass is 32.2. The Kier molecular flexibility index (Phi) is 9.17. The van der Waals surface area contributed by atoms with Gasteiger partial charge in [-0.15, -0.1) is 0 Å². The van der Waals surface area contributed by atoms with E-state index in [2.05, 4.69) is 38.0 Å². The molecule has 4 rings (SSSR count). The summed E-state index contributed by atoms with van der Waals surface area (Å²) in [6.07, 6.45) is 13.0. The maximum Gasteiger partial charge on any atom is 0.534 e. The number of ether oxygens (including phenoxy) is 2. The Morgan fingerprint density at radius 1 is 1.25 bits per heavy atom. The molecule has 4 aliphatic carbocycles. The van der Waals surface area contributed by atoms with Crippen LogP contribution in [0, 0.1) is 40.4 Å². The van der Waals surface area contributed by atoms with Gasteiger partial charge in [-0.05, 0) is 100 Å². The van der Waals surface area contributed by atoms with Gasteiger partial charge < -0.3 is 18.8 Å². The number of allylic oxidation sites excluding steroid dienone is 3. The van der Waals surface area contributed by atoms with E-state index in [4.69, 9.17) is 9.47 Å². The van der Waals surface area contributed by atoms with Crippen molar-refractivity contribution < 1.29 is 40.4 Å². The van der Waals surface area contributed by atoms with E-state index in [1.807, 2.05) is 0 Å². The molecular formula is C30H47F3O6S. The number of halogens is 3. The Bertz CT molecular complexity index is 1080. The Hall–Kier alpha value is -1.10. The highest BCUT2D eigenvalue weighted by Gasteiger charge is 2.66. The largest absolute Gasteiger partial charge is 0.534 e. The second-order valence-corrected chi connectivity index (χ2v) is 15.1. The number of rotatable bonds is 13. The van der Waals surface area contributed by atoms with Crippen LogP contribution in [0.3, 0.4) is 0 Å². The van der Waals surface area contributed by atoms with Crippen LogP contribution in [0.4, 0.5) is 13.2 Å². The molecule has 0 aromatic carbocycles. The third-order valence-electron chi connectivity index (χ3n) is 10.7. The van der Waals surface area contributed by atoms with Gasteiger partial charge >= 0.3 is 15.6 Å². The van der Waals surface area contributed by atoms with Gasteiger partial charge in [0.15, 0.2) is 0 Å². The molecular weight excluding hydrogens is 545 g/mol. The molecule has 4 aliphatic rings. The lowest BCUT2D eigenvalue weighted by Gasteiger charge is -2.45. The van der Waals surface area contributed by atoms with Crippen LogP contribution in [0.2, 0.25) is 0 Å².